The number of likely N-dealkylation sites (N-methyl/N-ethyl adjacent to an activating group) is 1. The van der Waals surface area contributed by atoms with E-state index in [9.17, 15) is 78.3 Å². The number of amides is 10. The van der Waals surface area contributed by atoms with Crippen LogP contribution in [0, 0.1) is 5.92 Å². The van der Waals surface area contributed by atoms with Gasteiger partial charge in [-0.1, -0.05) is 55.2 Å². The van der Waals surface area contributed by atoms with Gasteiger partial charge in [0.15, 0.2) is 23.9 Å². The normalized spacial score (nSPS) is 26.9. The molecule has 11 bridgehead atoms. The molecule has 0 saturated carbocycles. The minimum absolute atomic E-state index is 0.122. The molecule has 6 aromatic rings. The second-order valence-corrected chi connectivity index (χ2v) is 32.9. The number of halogens is 5. The predicted octanol–water partition coefficient (Wildman–Crippen LogP) is 1.50. The SMILES string of the molecule is CNC(CC(C)C)C(=O)NC1C(=O)NC(CC(N)=O)C(=O)NC2C(=O)NC3C(=O)NC(C(=O)NC(C(=O)NN(C)C)c4cc(O)cc(O)c4-c4cc3ccc4O)C(O)c3ccc(c(Cl)c3)Oc3cc2cc(c3OC2OC(CO)C(O)C(O)C2OC2CC(C)(NCCN3CCN(NC(=O)Nc4ccc(OC(F)(F)F)cc4)CC3)C(O)C(C)O2)Oc2ccc(cc2Cl)C1O. The molecule has 14 rings (SSSR count). The van der Waals surface area contributed by atoms with E-state index in [1.54, 1.807) is 11.9 Å². The monoisotopic (exact) mass is 1820 g/mol. The Kier molecular flexibility index (Phi) is 29.9. The number of nitrogens with two attached hydrogens (primary N) is 1. The number of hydrazine groups is 2. The van der Waals surface area contributed by atoms with Crippen molar-refractivity contribution < 1.29 is 135 Å². The molecule has 45 heteroatoms. The first-order valence-corrected chi connectivity index (χ1v) is 40.9. The molecule has 10 amide bonds. The highest BCUT2D eigenvalue weighted by Crippen LogP contribution is 2.50. The summed E-state index contributed by atoms with van der Waals surface area (Å²) in [7, 11) is 4.28. The molecule has 8 aliphatic heterocycles. The number of rotatable bonds is 21. The molecular weight excluding hydrogens is 1720 g/mol. The summed E-state index contributed by atoms with van der Waals surface area (Å²) in [6.07, 6.45) is -24.0. The van der Waals surface area contributed by atoms with Gasteiger partial charge in [-0.05, 0) is 140 Å². The summed E-state index contributed by atoms with van der Waals surface area (Å²) in [5.74, 6) is -15.6. The molecule has 8 aliphatic rings. The second-order valence-electron chi connectivity index (χ2n) is 32.1. The van der Waals surface area contributed by atoms with E-state index in [1.807, 2.05) is 13.8 Å². The number of alkyl halides is 3. The lowest BCUT2D eigenvalue weighted by atomic mass is 9.85. The van der Waals surface area contributed by atoms with Crippen LogP contribution in [0.25, 0.3) is 11.1 Å². The van der Waals surface area contributed by atoms with Crippen molar-refractivity contribution in [2.75, 3.05) is 72.3 Å². The smallest absolute Gasteiger partial charge is 0.508 e. The molecule has 0 aromatic heterocycles. The number of aliphatic hydroxyl groups excluding tert-OH is 6. The van der Waals surface area contributed by atoms with Crippen molar-refractivity contribution in [3.8, 4) is 62.9 Å². The molecule has 8 heterocycles. The van der Waals surface area contributed by atoms with Crippen molar-refractivity contribution in [3.05, 3.63) is 141 Å². The number of aliphatic hydroxyl groups is 6. The van der Waals surface area contributed by atoms with Crippen molar-refractivity contribution in [1.82, 2.24) is 68.3 Å². The van der Waals surface area contributed by atoms with E-state index in [1.165, 1.54) is 63.4 Å². The van der Waals surface area contributed by atoms with Crippen molar-refractivity contribution in [2.24, 2.45) is 11.7 Å². The first-order chi connectivity index (χ1) is 60.0. The quantitative estimate of drug-likeness (QED) is 0.0454. The Hall–Kier alpha value is -11.2. The number of carbonyl (C=O) groups excluding carboxylic acids is 9. The van der Waals surface area contributed by atoms with Crippen LogP contribution in [0.5, 0.6) is 51.7 Å². The fraction of sp³-hybridized carbons (Fsp3) is 0.451. The number of nitrogens with one attached hydrogen (secondary N) is 11. The maximum absolute atomic E-state index is 16.3. The Morgan fingerprint density at radius 2 is 1.34 bits per heavy atom. The van der Waals surface area contributed by atoms with Crippen LogP contribution in [0.4, 0.5) is 23.7 Å². The van der Waals surface area contributed by atoms with Crippen molar-refractivity contribution in [3.63, 3.8) is 0 Å². The second kappa shape index (κ2) is 40.0. The van der Waals surface area contributed by atoms with E-state index in [4.69, 9.17) is 57.4 Å². The maximum Gasteiger partial charge on any atom is 0.573 e. The highest BCUT2D eigenvalue weighted by molar-refractivity contribution is 6.32. The molecule has 3 fully saturated rings. The fourth-order valence-corrected chi connectivity index (χ4v) is 16.0. The van der Waals surface area contributed by atoms with Gasteiger partial charge in [0.25, 0.3) is 5.91 Å². The van der Waals surface area contributed by atoms with E-state index >= 15 is 24.0 Å². The van der Waals surface area contributed by atoms with Gasteiger partial charge in [-0.25, -0.2) is 14.8 Å². The summed E-state index contributed by atoms with van der Waals surface area (Å²) in [5.41, 5.74) is 7.39. The molecule has 18 unspecified atom stereocenters. The van der Waals surface area contributed by atoms with Gasteiger partial charge in [0.1, 0.15) is 101 Å². The van der Waals surface area contributed by atoms with E-state index < -0.39 is 255 Å². The van der Waals surface area contributed by atoms with Gasteiger partial charge in [-0.2, -0.15) is 0 Å². The third-order valence-corrected chi connectivity index (χ3v) is 22.6. The number of primary amides is 1. The van der Waals surface area contributed by atoms with Crippen molar-refractivity contribution in [1.29, 1.82) is 0 Å². The van der Waals surface area contributed by atoms with Gasteiger partial charge in [-0.3, -0.25) is 54.1 Å². The van der Waals surface area contributed by atoms with Crippen LogP contribution >= 0.6 is 23.2 Å². The summed E-state index contributed by atoms with van der Waals surface area (Å²) in [5, 5.41) is 133. The zero-order chi connectivity index (χ0) is 92.1. The average molecular weight is 1820 g/mol. The summed E-state index contributed by atoms with van der Waals surface area (Å²) < 4.78 is 81.6. The van der Waals surface area contributed by atoms with Crippen LogP contribution in [0.2, 0.25) is 10.0 Å². The Morgan fingerprint density at radius 3 is 1.94 bits per heavy atom. The summed E-state index contributed by atoms with van der Waals surface area (Å²) in [4.78, 5) is 135. The highest BCUT2D eigenvalue weighted by Gasteiger charge is 2.53. The maximum atomic E-state index is 16.3. The van der Waals surface area contributed by atoms with Crippen molar-refractivity contribution >= 4 is 82.2 Å². The lowest BCUT2D eigenvalue weighted by molar-refractivity contribution is -0.334. The lowest BCUT2D eigenvalue weighted by Crippen LogP contribution is -2.66. The van der Waals surface area contributed by atoms with Crippen LogP contribution in [-0.2, 0) is 52.6 Å². The molecule has 40 nitrogen and oxygen atoms in total. The number of hydrogen-bond donors (Lipinski definition) is 21. The Balaban J connectivity index is 0.961. The molecule has 0 radical (unpaired) electrons. The number of piperazine rings is 1. The van der Waals surface area contributed by atoms with Gasteiger partial charge in [0.05, 0.1) is 41.3 Å². The third kappa shape index (κ3) is 22.5. The molecule has 6 aromatic carbocycles. The first-order valence-electron chi connectivity index (χ1n) is 40.1. The topological polar surface area (TPSA) is 568 Å². The number of anilines is 1. The van der Waals surface area contributed by atoms with Gasteiger partial charge in [-0.15, -0.1) is 13.2 Å². The minimum Gasteiger partial charge on any atom is -0.508 e. The number of aromatic hydroxyl groups is 3. The number of phenols is 3. The molecule has 18 atom stereocenters. The molecule has 3 saturated heterocycles. The van der Waals surface area contributed by atoms with E-state index in [2.05, 4.69) is 68.3 Å². The molecule has 22 N–H and O–H groups in total. The number of carbonyl (C=O) groups is 9. The van der Waals surface area contributed by atoms with Crippen LogP contribution in [0.1, 0.15) is 105 Å². The van der Waals surface area contributed by atoms with Gasteiger partial charge < -0.3 is 133 Å². The van der Waals surface area contributed by atoms with E-state index in [-0.39, 0.29) is 58.5 Å². The van der Waals surface area contributed by atoms with Crippen LogP contribution in [-0.4, -0.2) is 266 Å². The van der Waals surface area contributed by atoms with Crippen LogP contribution < -0.4 is 83.4 Å². The first kappa shape index (κ1) is 94.9. The van der Waals surface area contributed by atoms with E-state index in [0.717, 1.165) is 72.8 Å². The highest BCUT2D eigenvalue weighted by atomic mass is 35.5. The van der Waals surface area contributed by atoms with Crippen LogP contribution in [0.15, 0.2) is 103 Å². The number of hydrogen-bond acceptors (Lipinski definition) is 30. The summed E-state index contributed by atoms with van der Waals surface area (Å²) in [6, 6.07) is 3.79. The standard InChI is InChI=1S/C82H98Cl2F3N15O25/c1-35(2)24-48(89-5)72(113)96-63-65(108)38-9-16-52(46(83)26-38)122-54-28-40-29-55(69(54)126-79-70(68(111)67(110)56(34-103)124-79)125-58-33-81(4,71(112)36(3)121-58)90-18-19-101-20-22-102(23-21-101)99-80(120)91-41-11-13-43(14-12-41)127-82(85,86)87)123-53-17-10-39(27-47(53)84)66(109)64-77(118)95-62(78(119)98-100(6)7)45-30-42(104)31-51(106)59(45)44-25-37(8-15-50(44)105)60(74(115)97-64)94-75(116)61(40)93-73(114)49(32-57(88)107)92-76(63)117/h8-17,25-31,35-36,48-49,56,58,60-68,70-71,79,89-90,103-106,108-112H,18-24,32-34H2,1-7H3,(H2,88,107)(H,92,117)(H,93,114)(H,94,116)(H,95,118)(H,96,113)(H,97,115)(H,98,119)(H2,91,99,120). The Morgan fingerprint density at radius 1 is 0.717 bits per heavy atom. The van der Waals surface area contributed by atoms with Crippen molar-refractivity contribution in [2.45, 2.75) is 163 Å². The number of phenolic OH excluding ortho intramolecular Hbond substituents is 3. The Labute approximate surface area is 733 Å². The summed E-state index contributed by atoms with van der Waals surface area (Å²) in [6.45, 7) is 7.96. The number of nitrogens with zero attached hydrogens (tertiary/aromatic N) is 3. The molecular formula is C82H98Cl2F3N15O25. The zero-order valence-electron chi connectivity index (χ0n) is 69.1. The molecule has 0 spiro atoms. The molecule has 0 aliphatic carbocycles. The molecule has 686 valence electrons. The third-order valence-electron chi connectivity index (χ3n) is 22.0. The largest absolute Gasteiger partial charge is 0.573 e. The molecule has 127 heavy (non-hydrogen) atoms. The fourth-order valence-electron chi connectivity index (χ4n) is 15.6. The minimum atomic E-state index is -4.91. The number of ether oxygens (including phenoxy) is 7. The number of benzene rings is 6. The lowest BCUT2D eigenvalue weighted by Gasteiger charge is -2.48. The Bertz CT molecular complexity index is 5100. The number of urea groups is 1. The van der Waals surface area contributed by atoms with Gasteiger partial charge in [0.2, 0.25) is 53.4 Å². The van der Waals surface area contributed by atoms with Gasteiger partial charge in [0, 0.05) is 88.2 Å². The summed E-state index contributed by atoms with van der Waals surface area (Å²) >= 11 is 14.4. The zero-order valence-corrected chi connectivity index (χ0v) is 70.7. The van der Waals surface area contributed by atoms with Gasteiger partial charge >= 0.3 is 12.4 Å². The predicted molar refractivity (Wildman–Crippen MR) is 441 cm³/mol. The van der Waals surface area contributed by atoms with Crippen LogP contribution in [0.3, 0.4) is 0 Å². The average Bonchev–Trinajstić information content (AvgIpc) is 0.764. The van der Waals surface area contributed by atoms with E-state index in [0.29, 0.717) is 32.7 Å². The number of fused-ring (bicyclic) bond motifs is 15.